The van der Waals surface area contributed by atoms with Gasteiger partial charge in [-0.3, -0.25) is 4.79 Å². The highest BCUT2D eigenvalue weighted by Gasteiger charge is 2.12. The molecule has 22 heavy (non-hydrogen) atoms. The number of carbonyl (C=O) groups is 1. The molecule has 0 aromatic heterocycles. The van der Waals surface area contributed by atoms with Gasteiger partial charge in [0.1, 0.15) is 5.75 Å². The largest absolute Gasteiger partial charge is 0.496 e. The van der Waals surface area contributed by atoms with Crippen LogP contribution < -0.4 is 14.2 Å². The maximum Gasteiger partial charge on any atom is 0.231 e. The Bertz CT molecular complexity index is 747. The molecule has 4 heteroatoms. The fourth-order valence-electron chi connectivity index (χ4n) is 2.32. The number of hydrogen-bond acceptors (Lipinski definition) is 4. The van der Waals surface area contributed by atoms with Gasteiger partial charge in [-0.15, -0.1) is 0 Å². The molecule has 112 valence electrons. The fourth-order valence-corrected chi connectivity index (χ4v) is 2.32. The lowest BCUT2D eigenvalue weighted by molar-refractivity contribution is 0.104. The summed E-state index contributed by atoms with van der Waals surface area (Å²) >= 11 is 0. The predicted molar refractivity (Wildman–Crippen MR) is 83.7 cm³/mol. The topological polar surface area (TPSA) is 44.8 Å². The number of rotatable bonds is 4. The first kappa shape index (κ1) is 14.2. The molecule has 1 aliphatic rings. The Morgan fingerprint density at radius 3 is 2.73 bits per heavy atom. The summed E-state index contributed by atoms with van der Waals surface area (Å²) in [4.78, 5) is 12.2. The third-order valence-corrected chi connectivity index (χ3v) is 3.50. The summed E-state index contributed by atoms with van der Waals surface area (Å²) in [5.41, 5.74) is 2.46. The standard InChI is InChI=1S/C18H16O4/c1-12-9-14(5-8-16(12)20-2)15(19)6-3-13-4-7-17-18(10-13)22-11-21-17/h3-10H,11H2,1-2H3/b6-3+. The lowest BCUT2D eigenvalue weighted by atomic mass is 10.1. The molecule has 0 spiro atoms. The Balaban J connectivity index is 1.77. The highest BCUT2D eigenvalue weighted by molar-refractivity contribution is 6.07. The van der Waals surface area contributed by atoms with Gasteiger partial charge in [-0.2, -0.15) is 0 Å². The minimum Gasteiger partial charge on any atom is -0.496 e. The van der Waals surface area contributed by atoms with Crippen LogP contribution in [0.2, 0.25) is 0 Å². The summed E-state index contributed by atoms with van der Waals surface area (Å²) in [6.07, 6.45) is 3.32. The van der Waals surface area contributed by atoms with Gasteiger partial charge < -0.3 is 14.2 Å². The van der Waals surface area contributed by atoms with Crippen molar-refractivity contribution >= 4 is 11.9 Å². The predicted octanol–water partition coefficient (Wildman–Crippen LogP) is 3.63. The van der Waals surface area contributed by atoms with Crippen LogP contribution in [0.1, 0.15) is 21.5 Å². The van der Waals surface area contributed by atoms with Crippen molar-refractivity contribution < 1.29 is 19.0 Å². The minimum atomic E-state index is -0.0524. The summed E-state index contributed by atoms with van der Waals surface area (Å²) < 4.78 is 15.8. The highest BCUT2D eigenvalue weighted by Crippen LogP contribution is 2.32. The summed E-state index contributed by atoms with van der Waals surface area (Å²) in [6, 6.07) is 11.0. The van der Waals surface area contributed by atoms with Crippen LogP contribution >= 0.6 is 0 Å². The summed E-state index contributed by atoms with van der Waals surface area (Å²) in [5.74, 6) is 2.16. The Morgan fingerprint density at radius 2 is 1.95 bits per heavy atom. The van der Waals surface area contributed by atoms with Crippen LogP contribution in [-0.2, 0) is 0 Å². The number of ketones is 1. The Labute approximate surface area is 128 Å². The third-order valence-electron chi connectivity index (χ3n) is 3.50. The van der Waals surface area contributed by atoms with Crippen LogP contribution in [0.25, 0.3) is 6.08 Å². The number of allylic oxidation sites excluding steroid dienone is 1. The van der Waals surface area contributed by atoms with E-state index < -0.39 is 0 Å². The van der Waals surface area contributed by atoms with Crippen molar-refractivity contribution in [2.75, 3.05) is 13.9 Å². The molecule has 2 aromatic carbocycles. The zero-order chi connectivity index (χ0) is 15.5. The van der Waals surface area contributed by atoms with Crippen molar-refractivity contribution in [1.82, 2.24) is 0 Å². The maximum atomic E-state index is 12.2. The molecule has 0 N–H and O–H groups in total. The molecule has 0 bridgehead atoms. The van der Waals surface area contributed by atoms with E-state index in [1.165, 1.54) is 0 Å². The van der Waals surface area contributed by atoms with E-state index in [0.29, 0.717) is 11.3 Å². The number of methoxy groups -OCH3 is 1. The smallest absolute Gasteiger partial charge is 0.231 e. The molecule has 0 aliphatic carbocycles. The maximum absolute atomic E-state index is 12.2. The molecule has 0 unspecified atom stereocenters. The van der Waals surface area contributed by atoms with Gasteiger partial charge in [-0.25, -0.2) is 0 Å². The van der Waals surface area contributed by atoms with Crippen molar-refractivity contribution in [3.05, 3.63) is 59.2 Å². The molecule has 1 aliphatic heterocycles. The lowest BCUT2D eigenvalue weighted by Gasteiger charge is -2.05. The zero-order valence-corrected chi connectivity index (χ0v) is 12.5. The number of ether oxygens (including phenoxy) is 3. The zero-order valence-electron chi connectivity index (χ0n) is 12.5. The molecule has 2 aromatic rings. The van der Waals surface area contributed by atoms with E-state index in [2.05, 4.69) is 0 Å². The molecule has 0 atom stereocenters. The second-order valence-electron chi connectivity index (χ2n) is 4.99. The Kier molecular flexibility index (Phi) is 3.83. The van der Waals surface area contributed by atoms with E-state index in [4.69, 9.17) is 14.2 Å². The molecule has 0 saturated carbocycles. The lowest BCUT2D eigenvalue weighted by Crippen LogP contribution is -1.96. The van der Waals surface area contributed by atoms with Gasteiger partial charge in [0.25, 0.3) is 0 Å². The molecular formula is C18H16O4. The quantitative estimate of drug-likeness (QED) is 0.638. The summed E-state index contributed by atoms with van der Waals surface area (Å²) in [6.45, 7) is 2.16. The van der Waals surface area contributed by atoms with Crippen LogP contribution in [0.15, 0.2) is 42.5 Å². The first-order valence-electron chi connectivity index (χ1n) is 6.94. The van der Waals surface area contributed by atoms with Gasteiger partial charge in [0.2, 0.25) is 6.79 Å². The van der Waals surface area contributed by atoms with Gasteiger partial charge in [0.15, 0.2) is 17.3 Å². The van der Waals surface area contributed by atoms with Crippen molar-refractivity contribution in [2.45, 2.75) is 6.92 Å². The molecule has 0 fully saturated rings. The van der Waals surface area contributed by atoms with E-state index in [9.17, 15) is 4.79 Å². The van der Waals surface area contributed by atoms with Crippen LogP contribution in [-0.4, -0.2) is 19.7 Å². The summed E-state index contributed by atoms with van der Waals surface area (Å²) in [5, 5.41) is 0. The Morgan fingerprint density at radius 1 is 1.14 bits per heavy atom. The van der Waals surface area contributed by atoms with Gasteiger partial charge in [-0.05, 0) is 54.5 Å². The number of carbonyl (C=O) groups excluding carboxylic acids is 1. The van der Waals surface area contributed by atoms with Crippen molar-refractivity contribution in [1.29, 1.82) is 0 Å². The van der Waals surface area contributed by atoms with Crippen LogP contribution in [0.3, 0.4) is 0 Å². The van der Waals surface area contributed by atoms with Gasteiger partial charge in [-0.1, -0.05) is 12.1 Å². The molecule has 0 saturated heterocycles. The van der Waals surface area contributed by atoms with Crippen LogP contribution in [0.5, 0.6) is 17.2 Å². The number of benzene rings is 2. The third kappa shape index (κ3) is 2.81. The molecule has 4 nitrogen and oxygen atoms in total. The Hall–Kier alpha value is -2.75. The average molecular weight is 296 g/mol. The second kappa shape index (κ2) is 5.93. The normalized spacial score (nSPS) is 12.6. The van der Waals surface area contributed by atoms with Gasteiger partial charge in [0, 0.05) is 5.56 Å². The first-order valence-corrected chi connectivity index (χ1v) is 6.94. The first-order chi connectivity index (χ1) is 10.7. The number of aryl methyl sites for hydroxylation is 1. The highest BCUT2D eigenvalue weighted by atomic mass is 16.7. The fraction of sp³-hybridized carbons (Fsp3) is 0.167. The van der Waals surface area contributed by atoms with E-state index in [1.807, 2.05) is 31.2 Å². The van der Waals surface area contributed by atoms with Crippen LogP contribution in [0, 0.1) is 6.92 Å². The van der Waals surface area contributed by atoms with E-state index in [1.54, 1.807) is 31.4 Å². The van der Waals surface area contributed by atoms with Gasteiger partial charge in [0.05, 0.1) is 7.11 Å². The number of fused-ring (bicyclic) bond motifs is 1. The second-order valence-corrected chi connectivity index (χ2v) is 4.99. The summed E-state index contributed by atoms with van der Waals surface area (Å²) in [7, 11) is 1.61. The van der Waals surface area contributed by atoms with Crippen molar-refractivity contribution in [3.8, 4) is 17.2 Å². The van der Waals surface area contributed by atoms with Crippen molar-refractivity contribution in [2.24, 2.45) is 0 Å². The van der Waals surface area contributed by atoms with E-state index in [-0.39, 0.29) is 12.6 Å². The van der Waals surface area contributed by atoms with E-state index in [0.717, 1.165) is 22.6 Å². The minimum absolute atomic E-state index is 0.0524. The number of hydrogen-bond donors (Lipinski definition) is 0. The molecule has 0 radical (unpaired) electrons. The van der Waals surface area contributed by atoms with Gasteiger partial charge >= 0.3 is 0 Å². The molecule has 0 amide bonds. The average Bonchev–Trinajstić information content (AvgIpc) is 3.00. The SMILES string of the molecule is COc1ccc(C(=O)/C=C/c2ccc3c(c2)OCO3)cc1C. The molecular weight excluding hydrogens is 280 g/mol. The van der Waals surface area contributed by atoms with Crippen molar-refractivity contribution in [3.63, 3.8) is 0 Å². The molecule has 1 heterocycles. The monoisotopic (exact) mass is 296 g/mol. The van der Waals surface area contributed by atoms with E-state index >= 15 is 0 Å². The van der Waals surface area contributed by atoms with Crippen LogP contribution in [0.4, 0.5) is 0 Å². The molecule has 3 rings (SSSR count).